The molecule has 4 heterocycles. The summed E-state index contributed by atoms with van der Waals surface area (Å²) in [6.07, 6.45) is 16.1. The second-order valence-corrected chi connectivity index (χ2v) is 16.0. The Morgan fingerprint density at radius 2 is 0.955 bits per heavy atom. The molecule has 3 aromatic heterocycles. The number of aromatic nitrogens is 3. The lowest BCUT2D eigenvalue weighted by Crippen LogP contribution is -2.07. The summed E-state index contributed by atoms with van der Waals surface area (Å²) in [4.78, 5) is 17.8. The first-order chi connectivity index (χ1) is 29.2. The fraction of sp³-hybridized carbons (Fsp3) is 0.258. The zero-order valence-corrected chi connectivity index (χ0v) is 35.7. The van der Waals surface area contributed by atoms with E-state index in [0.29, 0.717) is 11.8 Å². The van der Waals surface area contributed by atoms with Gasteiger partial charge in [0.1, 0.15) is 0 Å². The van der Waals surface area contributed by atoms with E-state index in [2.05, 4.69) is 175 Å². The first kappa shape index (κ1) is 57.2. The third-order valence-electron chi connectivity index (χ3n) is 10.7. The molecule has 0 amide bonds. The van der Waals surface area contributed by atoms with Crippen molar-refractivity contribution in [2.75, 3.05) is 6.54 Å². The van der Waals surface area contributed by atoms with E-state index in [-0.39, 0.29) is 44.6 Å². The monoisotopic (exact) mass is 879 g/mol. The van der Waals surface area contributed by atoms with Crippen LogP contribution in [-0.4, -0.2) is 27.7 Å². The molecule has 4 heteroatoms. The molecule has 4 aromatic carbocycles. The number of dihydropyridines is 1. The highest BCUT2D eigenvalue weighted by molar-refractivity contribution is 5.87. The molecule has 2 atom stereocenters. The molecule has 0 radical (unpaired) electrons. The molecular formula is C62H78N4. The van der Waals surface area contributed by atoms with E-state index in [1.54, 1.807) is 0 Å². The van der Waals surface area contributed by atoms with Crippen molar-refractivity contribution in [1.82, 2.24) is 15.0 Å². The van der Waals surface area contributed by atoms with Crippen LogP contribution >= 0.6 is 0 Å². The Labute approximate surface area is 401 Å². The average molecular weight is 879 g/mol. The van der Waals surface area contributed by atoms with Gasteiger partial charge in [-0.15, -0.1) is 0 Å². The van der Waals surface area contributed by atoms with Crippen LogP contribution in [0.4, 0.5) is 0 Å². The average Bonchev–Trinajstić information content (AvgIpc) is 3.27. The Morgan fingerprint density at radius 1 is 0.470 bits per heavy atom. The molecule has 0 N–H and O–H groups in total. The number of hydrogen-bond donors (Lipinski definition) is 0. The highest BCUT2D eigenvalue weighted by Crippen LogP contribution is 2.30. The van der Waals surface area contributed by atoms with Gasteiger partial charge in [-0.05, 0) is 116 Å². The molecule has 0 saturated carbocycles. The van der Waals surface area contributed by atoms with Gasteiger partial charge in [-0.25, -0.2) is 0 Å². The fourth-order valence-corrected chi connectivity index (χ4v) is 7.48. The maximum atomic E-state index is 4.54. The molecule has 0 spiro atoms. The SMILES string of the molecule is C.C.C.C.C.C.Cc1cccc(-c2ccc(-c3cccc(C)c3)cc2)c1.Cc1cccc(-c2ccc(-c3cccc(C)n3)cc2)n1.Cc1cncc(C2C=CC(C3=CC(C)CN=C3)=CC2)c1. The van der Waals surface area contributed by atoms with Crippen molar-refractivity contribution < 1.29 is 0 Å². The third-order valence-corrected chi connectivity index (χ3v) is 10.7. The van der Waals surface area contributed by atoms with Crippen molar-refractivity contribution in [3.8, 4) is 44.8 Å². The van der Waals surface area contributed by atoms with Gasteiger partial charge in [0.05, 0.1) is 11.4 Å². The number of aliphatic imine (C=N–C) groups is 1. The normalized spacial score (nSPS) is 14.0. The molecule has 1 aliphatic carbocycles. The minimum Gasteiger partial charge on any atom is -0.292 e. The van der Waals surface area contributed by atoms with E-state index in [0.717, 1.165) is 46.9 Å². The van der Waals surface area contributed by atoms with Crippen molar-refractivity contribution in [2.45, 2.75) is 98.4 Å². The lowest BCUT2D eigenvalue weighted by Gasteiger charge is -2.19. The molecule has 2 aliphatic rings. The van der Waals surface area contributed by atoms with Gasteiger partial charge in [-0.1, -0.05) is 202 Å². The molecule has 346 valence electrons. The smallest absolute Gasteiger partial charge is 0.0705 e. The van der Waals surface area contributed by atoms with Crippen molar-refractivity contribution in [1.29, 1.82) is 0 Å². The van der Waals surface area contributed by atoms with Crippen LogP contribution in [0.1, 0.15) is 97.5 Å². The Morgan fingerprint density at radius 3 is 1.38 bits per heavy atom. The van der Waals surface area contributed by atoms with Gasteiger partial charge in [0.25, 0.3) is 0 Å². The predicted octanol–water partition coefficient (Wildman–Crippen LogP) is 17.9. The highest BCUT2D eigenvalue weighted by Gasteiger charge is 2.15. The molecule has 66 heavy (non-hydrogen) atoms. The zero-order chi connectivity index (χ0) is 41.8. The maximum Gasteiger partial charge on any atom is 0.0705 e. The number of allylic oxidation sites excluding steroid dienone is 5. The topological polar surface area (TPSA) is 51.0 Å². The number of benzene rings is 4. The molecule has 0 saturated heterocycles. The molecular weight excluding hydrogens is 801 g/mol. The van der Waals surface area contributed by atoms with E-state index in [1.807, 2.05) is 68.9 Å². The second-order valence-electron chi connectivity index (χ2n) is 16.0. The Bertz CT molecular complexity index is 2400. The van der Waals surface area contributed by atoms with Crippen LogP contribution in [0.5, 0.6) is 0 Å². The summed E-state index contributed by atoms with van der Waals surface area (Å²) in [5.41, 5.74) is 19.1. The lowest BCUT2D eigenvalue weighted by molar-refractivity contribution is 0.731. The van der Waals surface area contributed by atoms with Crippen LogP contribution in [0.2, 0.25) is 0 Å². The third kappa shape index (κ3) is 15.7. The molecule has 7 aromatic rings. The minimum absolute atomic E-state index is 0. The van der Waals surface area contributed by atoms with Crippen LogP contribution in [0.15, 0.2) is 192 Å². The van der Waals surface area contributed by atoms with Crippen molar-refractivity contribution in [3.05, 3.63) is 221 Å². The van der Waals surface area contributed by atoms with Gasteiger partial charge in [-0.3, -0.25) is 19.9 Å². The quantitative estimate of drug-likeness (QED) is 0.167. The molecule has 2 unspecified atom stereocenters. The maximum absolute atomic E-state index is 4.54. The Kier molecular flexibility index (Phi) is 23.9. The summed E-state index contributed by atoms with van der Waals surface area (Å²) in [6, 6.07) is 48.8. The van der Waals surface area contributed by atoms with Crippen LogP contribution in [-0.2, 0) is 0 Å². The molecule has 1 aliphatic heterocycles. The standard InChI is InChI=1S/C20H18.C18H20N2.C18H16N2.6CH4/c1-15-5-3-7-19(13-15)17-9-11-18(12-10-17)20-8-4-6-16(2)14-20;1-13-7-17(11-19-9-13)15-3-5-16(6-4-15)18-8-14(2)10-20-12-18;1-13-5-3-7-17(19-13)15-9-11-16(12-10-15)18-8-4-6-14(2)20-18;;;;;;/h3-14H,1-2H3;3-5,7-8,10-13,16H,6,9H2,1-2H3;3-12H,1-2H3;6*1H4. The number of hydrogen-bond acceptors (Lipinski definition) is 4. The number of rotatable bonds is 6. The minimum atomic E-state index is 0. The second kappa shape index (κ2) is 27.5. The molecule has 0 fully saturated rings. The Balaban J connectivity index is 0.000000473. The predicted molar refractivity (Wildman–Crippen MR) is 294 cm³/mol. The zero-order valence-electron chi connectivity index (χ0n) is 35.7. The van der Waals surface area contributed by atoms with E-state index in [9.17, 15) is 0 Å². The lowest BCUT2D eigenvalue weighted by atomic mass is 9.87. The van der Waals surface area contributed by atoms with Crippen LogP contribution in [0.3, 0.4) is 0 Å². The summed E-state index contributed by atoms with van der Waals surface area (Å²) in [5.74, 6) is 0.993. The van der Waals surface area contributed by atoms with Gasteiger partial charge in [0.2, 0.25) is 0 Å². The highest BCUT2D eigenvalue weighted by atomic mass is 14.7. The fourth-order valence-electron chi connectivity index (χ4n) is 7.48. The Hall–Kier alpha value is -6.78. The largest absolute Gasteiger partial charge is 0.292 e. The number of nitrogens with zero attached hydrogens (tertiary/aromatic N) is 4. The van der Waals surface area contributed by atoms with Crippen molar-refractivity contribution >= 4 is 6.21 Å². The first-order valence-corrected chi connectivity index (χ1v) is 20.9. The number of pyridine rings is 3. The van der Waals surface area contributed by atoms with Crippen LogP contribution < -0.4 is 0 Å². The van der Waals surface area contributed by atoms with Crippen molar-refractivity contribution in [2.24, 2.45) is 10.9 Å². The molecule has 4 nitrogen and oxygen atoms in total. The molecule has 9 rings (SSSR count). The summed E-state index contributed by atoms with van der Waals surface area (Å²) in [6.45, 7) is 13.5. The van der Waals surface area contributed by atoms with Crippen LogP contribution in [0, 0.1) is 40.5 Å². The van der Waals surface area contributed by atoms with Gasteiger partial charge in [-0.2, -0.15) is 0 Å². The van der Waals surface area contributed by atoms with Gasteiger partial charge in [0, 0.05) is 53.6 Å². The van der Waals surface area contributed by atoms with Gasteiger partial charge < -0.3 is 0 Å². The summed E-state index contributed by atoms with van der Waals surface area (Å²) in [5, 5.41) is 0. The van der Waals surface area contributed by atoms with E-state index >= 15 is 0 Å². The summed E-state index contributed by atoms with van der Waals surface area (Å²) >= 11 is 0. The van der Waals surface area contributed by atoms with Gasteiger partial charge >= 0.3 is 0 Å². The first-order valence-electron chi connectivity index (χ1n) is 20.9. The van der Waals surface area contributed by atoms with E-state index in [4.69, 9.17) is 0 Å². The molecule has 0 bridgehead atoms. The van der Waals surface area contributed by atoms with E-state index < -0.39 is 0 Å². The summed E-state index contributed by atoms with van der Waals surface area (Å²) in [7, 11) is 0. The van der Waals surface area contributed by atoms with Gasteiger partial charge in [0.15, 0.2) is 0 Å². The number of aryl methyl sites for hydroxylation is 5. The summed E-state index contributed by atoms with van der Waals surface area (Å²) < 4.78 is 0. The van der Waals surface area contributed by atoms with Crippen LogP contribution in [0.25, 0.3) is 44.8 Å². The van der Waals surface area contributed by atoms with E-state index in [1.165, 1.54) is 55.7 Å². The van der Waals surface area contributed by atoms with Crippen molar-refractivity contribution in [3.63, 3.8) is 0 Å².